The SMILES string of the molecule is NC(=O)c1nc(-n2ccnc2)cc2cnn(C3CCC(C4(O)CC4)CC3)c12. The van der Waals surface area contributed by atoms with Crippen molar-refractivity contribution in [1.82, 2.24) is 24.3 Å². The molecule has 27 heavy (non-hydrogen) atoms. The van der Waals surface area contributed by atoms with E-state index in [1.807, 2.05) is 10.7 Å². The first-order valence-electron chi connectivity index (χ1n) is 9.44. The summed E-state index contributed by atoms with van der Waals surface area (Å²) in [5, 5.41) is 15.8. The number of primary amides is 1. The number of aromatic nitrogens is 5. The number of carbonyl (C=O) groups is 1. The summed E-state index contributed by atoms with van der Waals surface area (Å²) in [5.41, 5.74) is 6.15. The number of hydrogen-bond acceptors (Lipinski definition) is 5. The molecule has 0 radical (unpaired) electrons. The van der Waals surface area contributed by atoms with Crippen LogP contribution >= 0.6 is 0 Å². The lowest BCUT2D eigenvalue weighted by Gasteiger charge is -2.32. The summed E-state index contributed by atoms with van der Waals surface area (Å²) in [4.78, 5) is 20.6. The highest BCUT2D eigenvalue weighted by Crippen LogP contribution is 2.49. The first-order chi connectivity index (χ1) is 13.0. The van der Waals surface area contributed by atoms with Gasteiger partial charge < -0.3 is 10.8 Å². The smallest absolute Gasteiger partial charge is 0.269 e. The lowest BCUT2D eigenvalue weighted by molar-refractivity contribution is 0.0514. The van der Waals surface area contributed by atoms with Crippen molar-refractivity contribution in [3.8, 4) is 5.82 Å². The van der Waals surface area contributed by atoms with Crippen LogP contribution in [0.2, 0.25) is 0 Å². The number of nitrogens with two attached hydrogens (primary N) is 1. The summed E-state index contributed by atoms with van der Waals surface area (Å²) in [6.07, 6.45) is 12.5. The molecule has 2 fully saturated rings. The van der Waals surface area contributed by atoms with Gasteiger partial charge >= 0.3 is 0 Å². The van der Waals surface area contributed by atoms with E-state index in [1.54, 1.807) is 29.5 Å². The fourth-order valence-corrected chi connectivity index (χ4v) is 4.43. The zero-order chi connectivity index (χ0) is 18.6. The number of aliphatic hydroxyl groups is 1. The summed E-state index contributed by atoms with van der Waals surface area (Å²) < 4.78 is 3.65. The van der Waals surface area contributed by atoms with Gasteiger partial charge in [-0.25, -0.2) is 9.97 Å². The lowest BCUT2D eigenvalue weighted by Crippen LogP contribution is -2.28. The fraction of sp³-hybridized carbons (Fsp3) is 0.474. The summed E-state index contributed by atoms with van der Waals surface area (Å²) in [7, 11) is 0. The first kappa shape index (κ1) is 16.4. The van der Waals surface area contributed by atoms with Gasteiger partial charge in [0.1, 0.15) is 17.7 Å². The van der Waals surface area contributed by atoms with Crippen LogP contribution in [-0.2, 0) is 0 Å². The Hall–Kier alpha value is -2.74. The summed E-state index contributed by atoms with van der Waals surface area (Å²) >= 11 is 0. The molecule has 0 aliphatic heterocycles. The Morgan fingerprint density at radius 2 is 2.04 bits per heavy atom. The monoisotopic (exact) mass is 366 g/mol. The maximum atomic E-state index is 12.1. The van der Waals surface area contributed by atoms with Crippen LogP contribution in [0.3, 0.4) is 0 Å². The predicted octanol–water partition coefficient (Wildman–Crippen LogP) is 1.97. The van der Waals surface area contributed by atoms with Crippen LogP contribution in [0.1, 0.15) is 55.1 Å². The Labute approximate surface area is 156 Å². The molecule has 3 N–H and O–H groups in total. The van der Waals surface area contributed by atoms with Crippen molar-refractivity contribution >= 4 is 16.8 Å². The topological polar surface area (TPSA) is 112 Å². The summed E-state index contributed by atoms with van der Waals surface area (Å²) in [5.74, 6) is 0.412. The molecule has 0 spiro atoms. The average molecular weight is 366 g/mol. The van der Waals surface area contributed by atoms with Gasteiger partial charge in [-0.05, 0) is 50.5 Å². The molecule has 140 valence electrons. The van der Waals surface area contributed by atoms with E-state index >= 15 is 0 Å². The molecule has 0 bridgehead atoms. The third-order valence-electron chi connectivity index (χ3n) is 6.13. The number of nitrogens with zero attached hydrogens (tertiary/aromatic N) is 5. The van der Waals surface area contributed by atoms with Crippen molar-refractivity contribution in [3.63, 3.8) is 0 Å². The van der Waals surface area contributed by atoms with E-state index in [0.29, 0.717) is 17.3 Å². The second-order valence-corrected chi connectivity index (χ2v) is 7.80. The van der Waals surface area contributed by atoms with Crippen LogP contribution < -0.4 is 5.73 Å². The molecular weight excluding hydrogens is 344 g/mol. The number of carbonyl (C=O) groups excluding carboxylic acids is 1. The maximum absolute atomic E-state index is 12.1. The highest BCUT2D eigenvalue weighted by Gasteiger charge is 2.48. The Morgan fingerprint density at radius 1 is 1.26 bits per heavy atom. The molecule has 3 aromatic heterocycles. The molecule has 0 unspecified atom stereocenters. The van der Waals surface area contributed by atoms with Crippen LogP contribution in [0.25, 0.3) is 16.7 Å². The second-order valence-electron chi connectivity index (χ2n) is 7.80. The highest BCUT2D eigenvalue weighted by atomic mass is 16.3. The first-order valence-corrected chi connectivity index (χ1v) is 9.44. The number of imidazole rings is 1. The minimum absolute atomic E-state index is 0.195. The zero-order valence-corrected chi connectivity index (χ0v) is 15.0. The van der Waals surface area contributed by atoms with E-state index in [2.05, 4.69) is 15.1 Å². The van der Waals surface area contributed by atoms with Crippen LogP contribution in [0.4, 0.5) is 0 Å². The molecule has 3 aromatic rings. The minimum atomic E-state index is -0.565. The van der Waals surface area contributed by atoms with Crippen molar-refractivity contribution in [2.45, 2.75) is 50.2 Å². The van der Waals surface area contributed by atoms with E-state index < -0.39 is 11.5 Å². The number of amides is 1. The number of fused-ring (bicyclic) bond motifs is 1. The van der Waals surface area contributed by atoms with E-state index in [4.69, 9.17) is 5.73 Å². The zero-order valence-electron chi connectivity index (χ0n) is 15.0. The fourth-order valence-electron chi connectivity index (χ4n) is 4.43. The predicted molar refractivity (Wildman–Crippen MR) is 98.3 cm³/mol. The number of pyridine rings is 1. The molecule has 3 heterocycles. The molecule has 8 heteroatoms. The summed E-state index contributed by atoms with van der Waals surface area (Å²) in [6, 6.07) is 2.09. The molecule has 8 nitrogen and oxygen atoms in total. The van der Waals surface area contributed by atoms with Crippen LogP contribution in [0.15, 0.2) is 31.0 Å². The maximum Gasteiger partial charge on any atom is 0.269 e. The highest BCUT2D eigenvalue weighted by molar-refractivity contribution is 6.03. The molecule has 0 atom stereocenters. The molecule has 2 aliphatic rings. The van der Waals surface area contributed by atoms with Gasteiger partial charge in [0, 0.05) is 17.8 Å². The van der Waals surface area contributed by atoms with Crippen molar-refractivity contribution in [2.24, 2.45) is 11.7 Å². The van der Waals surface area contributed by atoms with Crippen LogP contribution in [-0.4, -0.2) is 40.9 Å². The van der Waals surface area contributed by atoms with Crippen molar-refractivity contribution in [3.05, 3.63) is 36.7 Å². The van der Waals surface area contributed by atoms with Crippen LogP contribution in [0, 0.1) is 5.92 Å². The average Bonchev–Trinajstić information content (AvgIpc) is 3.10. The molecule has 5 rings (SSSR count). The normalized spacial score (nSPS) is 24.2. The van der Waals surface area contributed by atoms with Crippen molar-refractivity contribution < 1.29 is 9.90 Å². The molecular formula is C19H22N6O2. The quantitative estimate of drug-likeness (QED) is 0.733. The van der Waals surface area contributed by atoms with Crippen molar-refractivity contribution in [1.29, 1.82) is 0 Å². The molecule has 0 saturated heterocycles. The third kappa shape index (κ3) is 2.71. The van der Waals surface area contributed by atoms with E-state index in [-0.39, 0.29) is 11.7 Å². The van der Waals surface area contributed by atoms with Crippen LogP contribution in [0.5, 0.6) is 0 Å². The number of hydrogen-bond donors (Lipinski definition) is 2. The molecule has 2 saturated carbocycles. The minimum Gasteiger partial charge on any atom is -0.390 e. The van der Waals surface area contributed by atoms with Gasteiger partial charge in [-0.1, -0.05) is 0 Å². The van der Waals surface area contributed by atoms with Gasteiger partial charge in [0.2, 0.25) is 0 Å². The van der Waals surface area contributed by atoms with E-state index in [1.165, 1.54) is 0 Å². The summed E-state index contributed by atoms with van der Waals surface area (Å²) in [6.45, 7) is 0. The number of rotatable bonds is 4. The van der Waals surface area contributed by atoms with Gasteiger partial charge in [-0.15, -0.1) is 0 Å². The van der Waals surface area contributed by atoms with Gasteiger partial charge in [-0.2, -0.15) is 5.10 Å². The Balaban J connectivity index is 1.51. The Morgan fingerprint density at radius 3 is 2.67 bits per heavy atom. The standard InChI is InChI=1S/C19H22N6O2/c20-18(26)16-17-12(9-15(23-16)24-8-7-21-11-24)10-22-25(17)14-3-1-13(2-4-14)19(27)5-6-19/h7-11,13-14,27H,1-6H2,(H2,20,26). The molecule has 0 aromatic carbocycles. The largest absolute Gasteiger partial charge is 0.390 e. The van der Waals surface area contributed by atoms with Gasteiger partial charge in [0.15, 0.2) is 5.69 Å². The molecule has 2 aliphatic carbocycles. The van der Waals surface area contributed by atoms with E-state index in [9.17, 15) is 9.90 Å². The third-order valence-corrected chi connectivity index (χ3v) is 6.13. The molecule has 1 amide bonds. The van der Waals surface area contributed by atoms with Gasteiger partial charge in [0.25, 0.3) is 5.91 Å². The lowest BCUT2D eigenvalue weighted by atomic mass is 9.81. The Bertz CT molecular complexity index is 997. The van der Waals surface area contributed by atoms with Gasteiger partial charge in [0.05, 0.1) is 17.8 Å². The van der Waals surface area contributed by atoms with Gasteiger partial charge in [-0.3, -0.25) is 14.0 Å². The van der Waals surface area contributed by atoms with Crippen molar-refractivity contribution in [2.75, 3.05) is 0 Å². The van der Waals surface area contributed by atoms with E-state index in [0.717, 1.165) is 43.9 Å². The second kappa shape index (κ2) is 5.88. The Kier molecular flexibility index (Phi) is 3.58.